The number of nitrogens with two attached hydrogens (primary N) is 1. The van der Waals surface area contributed by atoms with Crippen LogP contribution in [0.4, 0.5) is 0 Å². The quantitative estimate of drug-likeness (QED) is 0.690. The summed E-state index contributed by atoms with van der Waals surface area (Å²) in [5.74, 6) is 1.70. The van der Waals surface area contributed by atoms with Gasteiger partial charge >= 0.3 is 0 Å². The van der Waals surface area contributed by atoms with E-state index in [9.17, 15) is 0 Å². The first-order chi connectivity index (χ1) is 8.67. The van der Waals surface area contributed by atoms with Crippen LogP contribution in [-0.2, 0) is 6.42 Å². The van der Waals surface area contributed by atoms with Crippen molar-refractivity contribution in [2.24, 2.45) is 5.73 Å². The Balaban J connectivity index is 2.41. The molecule has 3 N–H and O–H groups in total. The average Bonchev–Trinajstić information content (AvgIpc) is 2.38. The molecule has 18 heavy (non-hydrogen) atoms. The Morgan fingerprint density at radius 1 is 1.22 bits per heavy atom. The highest BCUT2D eigenvalue weighted by molar-refractivity contribution is 5.40. The first kappa shape index (κ1) is 14.8. The summed E-state index contributed by atoms with van der Waals surface area (Å²) in [6, 6.07) is 6.18. The molecule has 4 nitrogen and oxygen atoms in total. The molecule has 0 amide bonds. The monoisotopic (exact) mass is 252 g/mol. The van der Waals surface area contributed by atoms with E-state index in [4.69, 9.17) is 15.2 Å². The molecule has 0 aromatic heterocycles. The molecule has 0 heterocycles. The van der Waals surface area contributed by atoms with Crippen molar-refractivity contribution in [2.45, 2.75) is 25.8 Å². The van der Waals surface area contributed by atoms with E-state index in [0.717, 1.165) is 37.4 Å². The molecule has 0 aliphatic heterocycles. The maximum absolute atomic E-state index is 5.69. The minimum absolute atomic E-state index is 0.257. The number of hydrogen-bond donors (Lipinski definition) is 2. The lowest BCUT2D eigenvalue weighted by atomic mass is 10.1. The highest BCUT2D eigenvalue weighted by atomic mass is 16.5. The van der Waals surface area contributed by atoms with E-state index in [0.29, 0.717) is 0 Å². The van der Waals surface area contributed by atoms with Gasteiger partial charge in [0.1, 0.15) is 11.5 Å². The van der Waals surface area contributed by atoms with E-state index >= 15 is 0 Å². The van der Waals surface area contributed by atoms with Gasteiger partial charge in [-0.25, -0.2) is 0 Å². The Labute approximate surface area is 109 Å². The third-order valence-corrected chi connectivity index (χ3v) is 2.84. The molecule has 0 saturated heterocycles. The van der Waals surface area contributed by atoms with Gasteiger partial charge in [0.05, 0.1) is 14.2 Å². The van der Waals surface area contributed by atoms with Crippen LogP contribution >= 0.6 is 0 Å². The van der Waals surface area contributed by atoms with Crippen LogP contribution in [0.3, 0.4) is 0 Å². The van der Waals surface area contributed by atoms with Crippen LogP contribution in [0.25, 0.3) is 0 Å². The molecule has 0 saturated carbocycles. The van der Waals surface area contributed by atoms with Crippen LogP contribution in [0.15, 0.2) is 18.2 Å². The molecule has 102 valence electrons. The Kier molecular flexibility index (Phi) is 6.54. The van der Waals surface area contributed by atoms with E-state index in [-0.39, 0.29) is 6.04 Å². The summed E-state index contributed by atoms with van der Waals surface area (Å²) in [4.78, 5) is 0. The lowest BCUT2D eigenvalue weighted by molar-refractivity contribution is 0.390. The summed E-state index contributed by atoms with van der Waals surface area (Å²) in [5, 5.41) is 3.38. The second kappa shape index (κ2) is 7.95. The Morgan fingerprint density at radius 2 is 2.00 bits per heavy atom. The maximum atomic E-state index is 5.69. The Morgan fingerprint density at radius 3 is 2.61 bits per heavy atom. The third kappa shape index (κ3) is 4.94. The van der Waals surface area contributed by atoms with Gasteiger partial charge in [0.15, 0.2) is 0 Å². The Bertz CT molecular complexity index is 354. The summed E-state index contributed by atoms with van der Waals surface area (Å²) in [5.41, 5.74) is 6.88. The highest BCUT2D eigenvalue weighted by Crippen LogP contribution is 2.24. The van der Waals surface area contributed by atoms with Crippen LogP contribution in [0.5, 0.6) is 11.5 Å². The first-order valence-electron chi connectivity index (χ1n) is 6.34. The molecular formula is C14H24N2O2. The zero-order valence-corrected chi connectivity index (χ0v) is 11.5. The molecule has 0 fully saturated rings. The Hall–Kier alpha value is -1.26. The van der Waals surface area contributed by atoms with Crippen LogP contribution < -0.4 is 20.5 Å². The molecule has 4 heteroatoms. The molecule has 1 aromatic carbocycles. The summed E-state index contributed by atoms with van der Waals surface area (Å²) >= 11 is 0. The molecular weight excluding hydrogens is 228 g/mol. The number of benzene rings is 1. The summed E-state index contributed by atoms with van der Waals surface area (Å²) in [7, 11) is 3.34. The van der Waals surface area contributed by atoms with Crippen molar-refractivity contribution in [1.29, 1.82) is 0 Å². The topological polar surface area (TPSA) is 56.5 Å². The minimum Gasteiger partial charge on any atom is -0.497 e. The molecule has 0 spiro atoms. The van der Waals surface area contributed by atoms with Gasteiger partial charge < -0.3 is 20.5 Å². The van der Waals surface area contributed by atoms with Crippen molar-refractivity contribution >= 4 is 0 Å². The van der Waals surface area contributed by atoms with Gasteiger partial charge in [-0.2, -0.15) is 0 Å². The predicted molar refractivity (Wildman–Crippen MR) is 74.4 cm³/mol. The number of hydrogen-bond acceptors (Lipinski definition) is 4. The molecule has 1 unspecified atom stereocenters. The van der Waals surface area contributed by atoms with E-state index in [1.165, 1.54) is 5.56 Å². The molecule has 0 radical (unpaired) electrons. The van der Waals surface area contributed by atoms with Crippen molar-refractivity contribution in [3.8, 4) is 11.5 Å². The van der Waals surface area contributed by atoms with E-state index < -0.39 is 0 Å². The SMILES string of the molecule is COc1ccc(CCNCCC(C)N)c(OC)c1. The summed E-state index contributed by atoms with van der Waals surface area (Å²) in [6.07, 6.45) is 1.94. The van der Waals surface area contributed by atoms with Crippen molar-refractivity contribution in [2.75, 3.05) is 27.3 Å². The fourth-order valence-electron chi connectivity index (χ4n) is 1.74. The van der Waals surface area contributed by atoms with Crippen LogP contribution in [0.1, 0.15) is 18.9 Å². The smallest absolute Gasteiger partial charge is 0.125 e. The third-order valence-electron chi connectivity index (χ3n) is 2.84. The van der Waals surface area contributed by atoms with Crippen molar-refractivity contribution < 1.29 is 9.47 Å². The zero-order valence-electron chi connectivity index (χ0n) is 11.5. The van der Waals surface area contributed by atoms with Gasteiger partial charge in [-0.05, 0) is 44.5 Å². The summed E-state index contributed by atoms with van der Waals surface area (Å²) in [6.45, 7) is 3.90. The molecule has 1 atom stereocenters. The van der Waals surface area contributed by atoms with Gasteiger partial charge in [0, 0.05) is 12.1 Å². The second-order valence-corrected chi connectivity index (χ2v) is 4.44. The van der Waals surface area contributed by atoms with Crippen molar-refractivity contribution in [1.82, 2.24) is 5.32 Å². The number of nitrogens with one attached hydrogen (secondary N) is 1. The van der Waals surface area contributed by atoms with Gasteiger partial charge in [-0.15, -0.1) is 0 Å². The van der Waals surface area contributed by atoms with Gasteiger partial charge in [-0.1, -0.05) is 6.07 Å². The van der Waals surface area contributed by atoms with E-state index in [1.54, 1.807) is 14.2 Å². The maximum Gasteiger partial charge on any atom is 0.125 e. The lowest BCUT2D eigenvalue weighted by Crippen LogP contribution is -2.25. The second-order valence-electron chi connectivity index (χ2n) is 4.44. The molecule has 0 aliphatic carbocycles. The largest absolute Gasteiger partial charge is 0.497 e. The van der Waals surface area contributed by atoms with E-state index in [2.05, 4.69) is 5.32 Å². The number of rotatable bonds is 8. The van der Waals surface area contributed by atoms with Crippen LogP contribution in [-0.4, -0.2) is 33.4 Å². The normalized spacial score (nSPS) is 12.2. The van der Waals surface area contributed by atoms with Crippen LogP contribution in [0.2, 0.25) is 0 Å². The lowest BCUT2D eigenvalue weighted by Gasteiger charge is -2.11. The standard InChI is InChI=1S/C14H24N2O2/c1-11(15)6-8-16-9-7-12-4-5-13(17-2)10-14(12)18-3/h4-5,10-11,16H,6-9,15H2,1-3H3. The highest BCUT2D eigenvalue weighted by Gasteiger charge is 2.04. The molecule has 1 aromatic rings. The zero-order chi connectivity index (χ0) is 13.4. The molecule has 0 aliphatic rings. The fraction of sp³-hybridized carbons (Fsp3) is 0.571. The molecule has 0 bridgehead atoms. The van der Waals surface area contributed by atoms with Crippen molar-refractivity contribution in [3.63, 3.8) is 0 Å². The van der Waals surface area contributed by atoms with E-state index in [1.807, 2.05) is 25.1 Å². The number of methoxy groups -OCH3 is 2. The minimum atomic E-state index is 0.257. The predicted octanol–water partition coefficient (Wildman–Crippen LogP) is 1.57. The first-order valence-corrected chi connectivity index (χ1v) is 6.34. The van der Waals surface area contributed by atoms with Gasteiger partial charge in [0.2, 0.25) is 0 Å². The van der Waals surface area contributed by atoms with Crippen LogP contribution in [0, 0.1) is 0 Å². The molecule has 1 rings (SSSR count). The summed E-state index contributed by atoms with van der Waals surface area (Å²) < 4.78 is 10.5. The fourth-order valence-corrected chi connectivity index (χ4v) is 1.74. The van der Waals surface area contributed by atoms with Gasteiger partial charge in [0.25, 0.3) is 0 Å². The number of ether oxygens (including phenoxy) is 2. The van der Waals surface area contributed by atoms with Gasteiger partial charge in [-0.3, -0.25) is 0 Å². The van der Waals surface area contributed by atoms with Crippen molar-refractivity contribution in [3.05, 3.63) is 23.8 Å². The average molecular weight is 252 g/mol.